The van der Waals surface area contributed by atoms with Crippen molar-refractivity contribution in [1.29, 1.82) is 0 Å². The lowest BCUT2D eigenvalue weighted by molar-refractivity contribution is -0.108. The summed E-state index contributed by atoms with van der Waals surface area (Å²) in [5.41, 5.74) is 2.84. The number of aliphatic hydroxyl groups excluding tert-OH is 1. The number of nitrogens with zero attached hydrogens (tertiary/aromatic N) is 4. The van der Waals surface area contributed by atoms with E-state index >= 15 is 0 Å². The van der Waals surface area contributed by atoms with Crippen LogP contribution in [0, 0.1) is 0 Å². The summed E-state index contributed by atoms with van der Waals surface area (Å²) in [7, 11) is 1.33. The van der Waals surface area contributed by atoms with Gasteiger partial charge in [0.05, 0.1) is 29.8 Å². The number of aliphatic hydroxyl groups is 1. The molecular weight excluding hydrogens is 456 g/mol. The van der Waals surface area contributed by atoms with Crippen LogP contribution < -0.4 is 0 Å². The molecular formula is C28H30N4O4. The summed E-state index contributed by atoms with van der Waals surface area (Å²) in [6, 6.07) is 17.2. The number of methoxy groups -OCH3 is 1. The standard InChI is InChI=1S/C28H30N4O4/c1-36-27(35)22-7-4-6-21(10-22)26(34)31-14-23-11-24(33)15-32(23)28(18-31)16-30(17-28)13-19-9-20-5-2-3-8-25(20)29-12-19/h2-10,12,23-24,33H,11,13-18H2,1H3. The highest BCUT2D eigenvalue weighted by Crippen LogP contribution is 2.40. The highest BCUT2D eigenvalue weighted by atomic mass is 16.5. The van der Waals surface area contributed by atoms with Crippen LogP contribution in [0.25, 0.3) is 10.9 Å². The highest BCUT2D eigenvalue weighted by molar-refractivity contribution is 5.98. The lowest BCUT2D eigenvalue weighted by atomic mass is 9.83. The quantitative estimate of drug-likeness (QED) is 0.566. The van der Waals surface area contributed by atoms with E-state index in [4.69, 9.17) is 4.74 Å². The summed E-state index contributed by atoms with van der Waals surface area (Å²) in [4.78, 5) is 36.8. The number of esters is 1. The van der Waals surface area contributed by atoms with Crippen molar-refractivity contribution in [3.63, 3.8) is 0 Å². The van der Waals surface area contributed by atoms with Crippen molar-refractivity contribution in [1.82, 2.24) is 19.7 Å². The molecule has 2 unspecified atom stereocenters. The molecule has 4 heterocycles. The van der Waals surface area contributed by atoms with Gasteiger partial charge < -0.3 is 14.7 Å². The second kappa shape index (κ2) is 8.96. The Labute approximate surface area is 210 Å². The summed E-state index contributed by atoms with van der Waals surface area (Å²) in [5, 5.41) is 11.6. The van der Waals surface area contributed by atoms with Crippen molar-refractivity contribution >= 4 is 22.8 Å². The Morgan fingerprint density at radius 1 is 1.06 bits per heavy atom. The Bertz CT molecular complexity index is 1320. The van der Waals surface area contributed by atoms with Gasteiger partial charge in [-0.2, -0.15) is 0 Å². The maximum Gasteiger partial charge on any atom is 0.337 e. The summed E-state index contributed by atoms with van der Waals surface area (Å²) in [6.45, 7) is 4.29. The second-order valence-electron chi connectivity index (χ2n) is 10.4. The molecule has 0 aliphatic carbocycles. The van der Waals surface area contributed by atoms with Gasteiger partial charge in [-0.15, -0.1) is 0 Å². The fourth-order valence-electron chi connectivity index (χ4n) is 6.29. The molecule has 0 saturated carbocycles. The fourth-order valence-corrected chi connectivity index (χ4v) is 6.29. The average molecular weight is 487 g/mol. The first-order valence-corrected chi connectivity index (χ1v) is 12.4. The average Bonchev–Trinajstić information content (AvgIpc) is 3.27. The largest absolute Gasteiger partial charge is 0.465 e. The number of ether oxygens (including phenoxy) is 1. The van der Waals surface area contributed by atoms with E-state index in [1.54, 1.807) is 24.3 Å². The summed E-state index contributed by atoms with van der Waals surface area (Å²) >= 11 is 0. The van der Waals surface area contributed by atoms with Crippen molar-refractivity contribution in [2.75, 3.05) is 39.8 Å². The topological polar surface area (TPSA) is 86.2 Å². The molecule has 1 aromatic heterocycles. The number of hydrogen-bond acceptors (Lipinski definition) is 7. The summed E-state index contributed by atoms with van der Waals surface area (Å²) in [6.07, 6.45) is 2.24. The predicted octanol–water partition coefficient (Wildman–Crippen LogP) is 2.17. The third kappa shape index (κ3) is 4.05. The minimum absolute atomic E-state index is 0.0849. The van der Waals surface area contributed by atoms with Gasteiger partial charge in [0.15, 0.2) is 0 Å². The lowest BCUT2D eigenvalue weighted by Crippen LogP contribution is -2.78. The fraction of sp³-hybridized carbons (Fsp3) is 0.393. The van der Waals surface area contributed by atoms with Gasteiger partial charge in [0, 0.05) is 62.5 Å². The lowest BCUT2D eigenvalue weighted by Gasteiger charge is -2.61. The van der Waals surface area contributed by atoms with Crippen LogP contribution in [0.4, 0.5) is 0 Å². The van der Waals surface area contributed by atoms with E-state index in [1.807, 2.05) is 29.3 Å². The number of rotatable bonds is 4. The number of carbonyl (C=O) groups excluding carboxylic acids is 2. The maximum atomic E-state index is 13.5. The van der Waals surface area contributed by atoms with E-state index in [0.29, 0.717) is 37.2 Å². The molecule has 186 valence electrons. The first-order valence-electron chi connectivity index (χ1n) is 12.4. The molecule has 0 radical (unpaired) electrons. The van der Waals surface area contributed by atoms with Gasteiger partial charge in [0.25, 0.3) is 5.91 Å². The van der Waals surface area contributed by atoms with Gasteiger partial charge in [-0.05, 0) is 42.3 Å². The first kappa shape index (κ1) is 23.1. The van der Waals surface area contributed by atoms with Crippen LogP contribution in [0.1, 0.15) is 32.7 Å². The van der Waals surface area contributed by atoms with Crippen molar-refractivity contribution < 1.29 is 19.4 Å². The van der Waals surface area contributed by atoms with Gasteiger partial charge in [-0.1, -0.05) is 24.3 Å². The van der Waals surface area contributed by atoms with Crippen LogP contribution >= 0.6 is 0 Å². The molecule has 3 saturated heterocycles. The minimum Gasteiger partial charge on any atom is -0.465 e. The number of amides is 1. The van der Waals surface area contributed by atoms with E-state index in [9.17, 15) is 14.7 Å². The number of pyridine rings is 1. The normalized spacial score (nSPS) is 23.4. The molecule has 3 aliphatic heterocycles. The molecule has 1 N–H and O–H groups in total. The molecule has 36 heavy (non-hydrogen) atoms. The Hall–Kier alpha value is -3.33. The van der Waals surface area contributed by atoms with Crippen molar-refractivity contribution in [2.24, 2.45) is 0 Å². The number of para-hydroxylation sites is 1. The number of likely N-dealkylation sites (tertiary alicyclic amines) is 1. The molecule has 3 fully saturated rings. The molecule has 1 amide bonds. The van der Waals surface area contributed by atoms with Crippen LogP contribution in [0.15, 0.2) is 60.8 Å². The molecule has 6 rings (SSSR count). The summed E-state index contributed by atoms with van der Waals surface area (Å²) in [5.74, 6) is -0.541. The Morgan fingerprint density at radius 3 is 2.69 bits per heavy atom. The number of benzene rings is 2. The SMILES string of the molecule is COC(=O)c1cccc(C(=O)N2CC3CC(O)CN3C3(CN(Cc4cnc5ccccc5c4)C3)C2)c1. The molecule has 2 aromatic carbocycles. The number of piperazine rings is 1. The number of hydrogen-bond donors (Lipinski definition) is 1. The molecule has 1 spiro atoms. The zero-order valence-corrected chi connectivity index (χ0v) is 20.3. The van der Waals surface area contributed by atoms with Crippen LogP contribution in [-0.4, -0.2) is 94.2 Å². The Kier molecular flexibility index (Phi) is 5.75. The third-order valence-electron chi connectivity index (χ3n) is 7.82. The van der Waals surface area contributed by atoms with Gasteiger partial charge in [-0.3, -0.25) is 19.6 Å². The molecule has 3 aliphatic rings. The van der Waals surface area contributed by atoms with E-state index < -0.39 is 5.97 Å². The smallest absolute Gasteiger partial charge is 0.337 e. The molecule has 2 atom stereocenters. The summed E-state index contributed by atoms with van der Waals surface area (Å²) < 4.78 is 4.82. The van der Waals surface area contributed by atoms with Gasteiger partial charge >= 0.3 is 5.97 Å². The van der Waals surface area contributed by atoms with Gasteiger partial charge in [0.1, 0.15) is 0 Å². The first-order chi connectivity index (χ1) is 17.4. The van der Waals surface area contributed by atoms with Crippen molar-refractivity contribution in [2.45, 2.75) is 30.7 Å². The number of aromatic nitrogens is 1. The van der Waals surface area contributed by atoms with Gasteiger partial charge in [-0.25, -0.2) is 4.79 Å². The van der Waals surface area contributed by atoms with E-state index in [1.165, 1.54) is 12.7 Å². The van der Waals surface area contributed by atoms with Crippen molar-refractivity contribution in [3.8, 4) is 0 Å². The number of carbonyl (C=O) groups is 2. The Morgan fingerprint density at radius 2 is 1.86 bits per heavy atom. The second-order valence-corrected chi connectivity index (χ2v) is 10.4. The van der Waals surface area contributed by atoms with E-state index in [-0.39, 0.29) is 23.6 Å². The number of β-amino-alcohol motifs (C(OH)–C–C–N with tert-alkyl or cyclic N) is 1. The van der Waals surface area contributed by atoms with Crippen LogP contribution in [0.3, 0.4) is 0 Å². The van der Waals surface area contributed by atoms with E-state index in [2.05, 4.69) is 26.9 Å². The third-order valence-corrected chi connectivity index (χ3v) is 7.82. The van der Waals surface area contributed by atoms with Gasteiger partial charge in [0.2, 0.25) is 0 Å². The van der Waals surface area contributed by atoms with Crippen LogP contribution in [0.2, 0.25) is 0 Å². The molecule has 3 aromatic rings. The molecule has 0 bridgehead atoms. The van der Waals surface area contributed by atoms with Crippen LogP contribution in [0.5, 0.6) is 0 Å². The maximum absolute atomic E-state index is 13.5. The molecule has 8 heteroatoms. The van der Waals surface area contributed by atoms with Crippen LogP contribution in [-0.2, 0) is 11.3 Å². The number of fused-ring (bicyclic) bond motifs is 3. The molecule has 8 nitrogen and oxygen atoms in total. The van der Waals surface area contributed by atoms with Crippen molar-refractivity contribution in [3.05, 3.63) is 77.5 Å². The zero-order chi connectivity index (χ0) is 24.9. The highest BCUT2D eigenvalue weighted by Gasteiger charge is 2.56. The van der Waals surface area contributed by atoms with E-state index in [0.717, 1.165) is 30.5 Å². The minimum atomic E-state index is -0.456. The predicted molar refractivity (Wildman–Crippen MR) is 135 cm³/mol. The monoisotopic (exact) mass is 486 g/mol. The zero-order valence-electron chi connectivity index (χ0n) is 20.3. The Balaban J connectivity index is 1.20.